The molecule has 0 radical (unpaired) electrons. The topological polar surface area (TPSA) is 134 Å². The summed E-state index contributed by atoms with van der Waals surface area (Å²) in [5, 5.41) is 0. The average molecular weight is 820 g/mol. The van der Waals surface area contributed by atoms with E-state index in [1.807, 2.05) is 12.2 Å². The lowest BCUT2D eigenvalue weighted by molar-refractivity contribution is -0.157. The van der Waals surface area contributed by atoms with Crippen LogP contribution in [-0.4, -0.2) is 49.3 Å². The number of phosphoric ester groups is 1. The van der Waals surface area contributed by atoms with Crippen molar-refractivity contribution in [2.45, 2.75) is 187 Å². The molecule has 3 N–H and O–H groups in total. The first-order valence-electron chi connectivity index (χ1n) is 22.5. The van der Waals surface area contributed by atoms with Gasteiger partial charge in [-0.1, -0.05) is 183 Å². The summed E-state index contributed by atoms with van der Waals surface area (Å²) in [5.74, 6) is -1.15. The predicted molar refractivity (Wildman–Crippen MR) is 238 cm³/mol. The van der Waals surface area contributed by atoms with Crippen molar-refractivity contribution in [3.63, 3.8) is 0 Å². The number of ether oxygens (including phenoxy) is 2. The molecule has 0 aromatic rings. The van der Waals surface area contributed by atoms with Gasteiger partial charge in [-0.3, -0.25) is 13.8 Å². The van der Waals surface area contributed by atoms with Crippen LogP contribution in [0.25, 0.3) is 0 Å². The van der Waals surface area contributed by atoms with E-state index in [1.54, 1.807) is 12.2 Å². The molecular weight excluding hydrogens is 737 g/mol. The highest BCUT2D eigenvalue weighted by Gasteiger charge is 2.25. The van der Waals surface area contributed by atoms with Gasteiger partial charge in [0.15, 0.2) is 6.10 Å². The molecule has 0 rings (SSSR count). The fourth-order valence-electron chi connectivity index (χ4n) is 5.83. The van der Waals surface area contributed by atoms with E-state index in [0.29, 0.717) is 6.42 Å². The van der Waals surface area contributed by atoms with Crippen LogP contribution in [0.1, 0.15) is 181 Å². The first kappa shape index (κ1) is 54.5. The quantitative estimate of drug-likeness (QED) is 0.0154. The Balaban J connectivity index is 4.32. The van der Waals surface area contributed by atoms with Crippen molar-refractivity contribution < 1.29 is 37.6 Å². The van der Waals surface area contributed by atoms with E-state index in [4.69, 9.17) is 24.3 Å². The zero-order valence-corrected chi connectivity index (χ0v) is 36.9. The average Bonchev–Trinajstić information content (AvgIpc) is 3.20. The fourth-order valence-corrected chi connectivity index (χ4v) is 6.59. The van der Waals surface area contributed by atoms with Crippen LogP contribution < -0.4 is 5.73 Å². The smallest absolute Gasteiger partial charge is 0.462 e. The normalized spacial score (nSPS) is 14.0. The molecule has 0 saturated heterocycles. The molecule has 2 atom stereocenters. The zero-order valence-electron chi connectivity index (χ0n) is 36.0. The van der Waals surface area contributed by atoms with Crippen LogP contribution in [-0.2, 0) is 32.7 Å². The van der Waals surface area contributed by atoms with Gasteiger partial charge in [-0.05, 0) is 57.8 Å². The molecule has 0 aliphatic rings. The standard InChI is InChI=1S/C47H82NO8P/c1-3-5-7-9-11-13-15-17-19-20-21-22-23-24-26-27-29-31-33-35-37-39-46(49)53-43-45(44-55-57(51,52)54-42-41-48)56-47(50)40-38-36-34-32-30-28-25-18-16-14-12-10-8-6-4-2/h19-20,22-23,26-27,31,33-34,36,38,40,45H,3-18,21,24-25,28-30,32,35,37,39,41-44,48H2,1-2H3,(H,51,52)/b20-19+,23-22+,27-26+,33-31+,36-34+,40-38+/t45-/m0/s1. The number of unbranched alkanes of at least 4 members (excludes halogenated alkanes) is 19. The summed E-state index contributed by atoms with van der Waals surface area (Å²) < 4.78 is 32.5. The number of nitrogens with two attached hydrogens (primary N) is 1. The van der Waals surface area contributed by atoms with E-state index in [9.17, 15) is 19.0 Å². The fraction of sp³-hybridized carbons (Fsp3) is 0.702. The predicted octanol–water partition coefficient (Wildman–Crippen LogP) is 13.1. The van der Waals surface area contributed by atoms with Gasteiger partial charge in [-0.15, -0.1) is 0 Å². The minimum Gasteiger partial charge on any atom is -0.462 e. The minimum absolute atomic E-state index is 0.0305. The molecule has 9 nitrogen and oxygen atoms in total. The zero-order chi connectivity index (χ0) is 41.8. The second-order valence-corrected chi connectivity index (χ2v) is 16.1. The number of carbonyl (C=O) groups excluding carboxylic acids is 2. The SMILES string of the molecule is CCCCCCCCC/C=C/C/C=C/C/C=C/C/C=C/CCCC(=O)OC[C@@H](COP(=O)(O)OCCN)OC(=O)/C=C/C=C/CCCCCCCCCCCCC. The lowest BCUT2D eigenvalue weighted by atomic mass is 10.1. The van der Waals surface area contributed by atoms with E-state index in [2.05, 4.69) is 56.4 Å². The minimum atomic E-state index is -4.42. The third kappa shape index (κ3) is 42.9. The van der Waals surface area contributed by atoms with Crippen molar-refractivity contribution in [1.82, 2.24) is 0 Å². The highest BCUT2D eigenvalue weighted by atomic mass is 31.2. The molecule has 0 saturated carbocycles. The number of hydrogen-bond donors (Lipinski definition) is 2. The number of allylic oxidation sites excluding steroid dienone is 11. The molecule has 1 unspecified atom stereocenters. The molecule has 0 heterocycles. The van der Waals surface area contributed by atoms with Crippen LogP contribution >= 0.6 is 7.82 Å². The van der Waals surface area contributed by atoms with Crippen molar-refractivity contribution >= 4 is 19.8 Å². The molecule has 0 spiro atoms. The molecular formula is C47H82NO8P. The molecule has 0 fully saturated rings. The van der Waals surface area contributed by atoms with Crippen LogP contribution in [0.4, 0.5) is 0 Å². The highest BCUT2D eigenvalue weighted by molar-refractivity contribution is 7.47. The Morgan fingerprint density at radius 3 is 1.54 bits per heavy atom. The molecule has 0 aromatic heterocycles. The van der Waals surface area contributed by atoms with Crippen LogP contribution in [0, 0.1) is 0 Å². The van der Waals surface area contributed by atoms with Crippen LogP contribution in [0.5, 0.6) is 0 Å². The first-order chi connectivity index (χ1) is 27.8. The van der Waals surface area contributed by atoms with E-state index < -0.39 is 32.5 Å². The second-order valence-electron chi connectivity index (χ2n) is 14.6. The summed E-state index contributed by atoms with van der Waals surface area (Å²) in [5.41, 5.74) is 5.34. The third-order valence-corrected chi connectivity index (χ3v) is 10.2. The molecule has 328 valence electrons. The summed E-state index contributed by atoms with van der Waals surface area (Å²) >= 11 is 0. The first-order valence-corrected chi connectivity index (χ1v) is 24.0. The summed E-state index contributed by atoms with van der Waals surface area (Å²) in [7, 11) is -4.42. The van der Waals surface area contributed by atoms with Gasteiger partial charge in [-0.2, -0.15) is 0 Å². The van der Waals surface area contributed by atoms with Crippen LogP contribution in [0.2, 0.25) is 0 Å². The number of phosphoric acid groups is 1. The Hall–Kier alpha value is -2.55. The van der Waals surface area contributed by atoms with E-state index in [-0.39, 0.29) is 26.2 Å². The van der Waals surface area contributed by atoms with Crippen LogP contribution in [0.3, 0.4) is 0 Å². The Morgan fingerprint density at radius 2 is 1.04 bits per heavy atom. The van der Waals surface area contributed by atoms with Crippen molar-refractivity contribution in [3.8, 4) is 0 Å². The molecule has 0 aliphatic carbocycles. The van der Waals surface area contributed by atoms with Crippen molar-refractivity contribution in [2.24, 2.45) is 5.73 Å². The van der Waals surface area contributed by atoms with E-state index in [1.165, 1.54) is 122 Å². The Labute approximate surface area is 348 Å². The lowest BCUT2D eigenvalue weighted by Gasteiger charge is -2.19. The highest BCUT2D eigenvalue weighted by Crippen LogP contribution is 2.43. The molecule has 0 aromatic carbocycles. The van der Waals surface area contributed by atoms with Crippen molar-refractivity contribution in [3.05, 3.63) is 72.9 Å². The number of rotatable bonds is 41. The van der Waals surface area contributed by atoms with Gasteiger partial charge < -0.3 is 20.1 Å². The number of carbonyl (C=O) groups is 2. The van der Waals surface area contributed by atoms with Gasteiger partial charge in [0.2, 0.25) is 0 Å². The van der Waals surface area contributed by atoms with E-state index >= 15 is 0 Å². The maximum Gasteiger partial charge on any atom is 0.472 e. The molecule has 10 heteroatoms. The molecule has 57 heavy (non-hydrogen) atoms. The Kier molecular flexibility index (Phi) is 41.1. The summed E-state index contributed by atoms with van der Waals surface area (Å²) in [6, 6.07) is 0. The van der Waals surface area contributed by atoms with Gasteiger partial charge in [0.05, 0.1) is 13.2 Å². The number of esters is 2. The van der Waals surface area contributed by atoms with Gasteiger partial charge in [-0.25, -0.2) is 9.36 Å². The second kappa shape index (κ2) is 43.0. The van der Waals surface area contributed by atoms with Crippen molar-refractivity contribution in [1.29, 1.82) is 0 Å². The Morgan fingerprint density at radius 1 is 0.579 bits per heavy atom. The van der Waals surface area contributed by atoms with Crippen molar-refractivity contribution in [2.75, 3.05) is 26.4 Å². The molecule has 0 amide bonds. The van der Waals surface area contributed by atoms with Gasteiger partial charge in [0.1, 0.15) is 6.61 Å². The van der Waals surface area contributed by atoms with Gasteiger partial charge in [0.25, 0.3) is 0 Å². The summed E-state index contributed by atoms with van der Waals surface area (Å²) in [6.45, 7) is 3.53. The lowest BCUT2D eigenvalue weighted by Crippen LogP contribution is -2.29. The molecule has 0 bridgehead atoms. The molecule has 0 aliphatic heterocycles. The largest absolute Gasteiger partial charge is 0.472 e. The van der Waals surface area contributed by atoms with Gasteiger partial charge >= 0.3 is 19.8 Å². The summed E-state index contributed by atoms with van der Waals surface area (Å²) in [6.07, 6.45) is 52.9. The maximum atomic E-state index is 12.5. The van der Waals surface area contributed by atoms with Crippen LogP contribution in [0.15, 0.2) is 72.9 Å². The monoisotopic (exact) mass is 820 g/mol. The number of hydrogen-bond acceptors (Lipinski definition) is 8. The third-order valence-electron chi connectivity index (χ3n) is 9.17. The summed E-state index contributed by atoms with van der Waals surface area (Å²) in [4.78, 5) is 34.7. The van der Waals surface area contributed by atoms with E-state index in [0.717, 1.165) is 38.5 Å². The Bertz CT molecular complexity index is 1160. The van der Waals surface area contributed by atoms with Gasteiger partial charge in [0, 0.05) is 19.0 Å². The maximum absolute atomic E-state index is 12.5.